The highest BCUT2D eigenvalue weighted by atomic mass is 32.1. The van der Waals surface area contributed by atoms with Crippen molar-refractivity contribution >= 4 is 75.1 Å². The summed E-state index contributed by atoms with van der Waals surface area (Å²) in [6, 6.07) is 14.2. The average Bonchev–Trinajstić information content (AvgIpc) is 1.93. The molecule has 0 N–H and O–H groups in total. The molecule has 0 bridgehead atoms. The molecular weight excluding hydrogens is 787 g/mol. The van der Waals surface area contributed by atoms with Crippen molar-refractivity contribution in [2.75, 3.05) is 0 Å². The topological polar surface area (TPSA) is 48.5 Å². The smallest absolute Gasteiger partial charge is 0.240 e. The van der Waals surface area contributed by atoms with Gasteiger partial charge < -0.3 is 0 Å². The third kappa shape index (κ3) is 5.80. The third-order valence-corrected chi connectivity index (χ3v) is 12.2. The molecule has 0 aliphatic rings. The van der Waals surface area contributed by atoms with E-state index in [1.807, 2.05) is 42.5 Å². The zero-order valence-electron chi connectivity index (χ0n) is 52.3. The van der Waals surface area contributed by atoms with Crippen LogP contribution < -0.4 is 0 Å². The summed E-state index contributed by atoms with van der Waals surface area (Å²) in [6.45, 7) is 0. The van der Waals surface area contributed by atoms with Crippen LogP contribution in [-0.4, -0.2) is 24.1 Å². The molecule has 0 fully saturated rings. The lowest BCUT2D eigenvalue weighted by Crippen LogP contribution is -2.10. The molecule has 0 radical (unpaired) electrons. The lowest BCUT2D eigenvalue weighted by molar-refractivity contribution is 0.893. The maximum absolute atomic E-state index is 9.92. The SMILES string of the molecule is [2H]c1c([2H])c([2H])c(-c2c([2H])c([2H])c3c4c([2H])c([2H])c([2H])c([2H])c4n(-c4nc(-c5cccc(-c6ccc(-c7ccc8sc9ccccc9c8c7)cc6)c5)nc(-n5c6c([2H])c([2H])c([2H])c([2H])c6c6c([2H])c([2H])c([2H])c([2H])c65)n4)c3c2[2H])c([2H])c1[2H]. The van der Waals surface area contributed by atoms with E-state index < -0.39 is 160 Å². The first-order valence-corrected chi connectivity index (χ1v) is 20.4. The number of nitrogens with zero attached hydrogens (tertiary/aromatic N) is 5. The van der Waals surface area contributed by atoms with Crippen LogP contribution in [0.2, 0.25) is 0 Å². The Bertz CT molecular complexity index is 5010. The zero-order valence-corrected chi connectivity index (χ0v) is 33.1. The van der Waals surface area contributed by atoms with Crippen molar-refractivity contribution in [3.8, 4) is 56.7 Å². The van der Waals surface area contributed by atoms with E-state index in [4.69, 9.17) is 32.8 Å². The van der Waals surface area contributed by atoms with Crippen molar-refractivity contribution in [2.45, 2.75) is 0 Å². The summed E-state index contributed by atoms with van der Waals surface area (Å²) in [6.07, 6.45) is 0. The highest BCUT2D eigenvalue weighted by Crippen LogP contribution is 2.39. The first kappa shape index (κ1) is 21.1. The average molecular weight is 842 g/mol. The molecule has 294 valence electrons. The van der Waals surface area contributed by atoms with Gasteiger partial charge in [-0.1, -0.05) is 163 Å². The van der Waals surface area contributed by atoms with Crippen molar-refractivity contribution in [3.05, 3.63) is 212 Å². The number of benzene rings is 9. The van der Waals surface area contributed by atoms with Crippen LogP contribution in [0.25, 0.3) is 120 Å². The maximum atomic E-state index is 9.92. The number of thiophene rings is 1. The molecule has 63 heavy (non-hydrogen) atoms. The Labute approximate surface area is 394 Å². The molecule has 0 unspecified atom stereocenters. The fraction of sp³-hybridized carbons (Fsp3) is 0. The first-order chi connectivity index (χ1) is 39.5. The molecule has 4 aromatic heterocycles. The van der Waals surface area contributed by atoms with E-state index in [0.717, 1.165) is 41.3 Å². The Hall–Kier alpha value is -8.19. The van der Waals surface area contributed by atoms with Gasteiger partial charge in [0.05, 0.1) is 49.5 Å². The molecule has 0 atom stereocenters. The van der Waals surface area contributed by atoms with Gasteiger partial charge in [0.2, 0.25) is 11.9 Å². The van der Waals surface area contributed by atoms with Gasteiger partial charge in [0.1, 0.15) is 0 Å². The van der Waals surface area contributed by atoms with Crippen LogP contribution in [0, 0.1) is 0 Å². The van der Waals surface area contributed by atoms with Gasteiger partial charge in [-0.25, -0.2) is 0 Å². The Morgan fingerprint density at radius 1 is 0.349 bits per heavy atom. The van der Waals surface area contributed by atoms with Crippen LogP contribution in [0.5, 0.6) is 0 Å². The molecule has 0 saturated carbocycles. The monoisotopic (exact) mass is 841 g/mol. The van der Waals surface area contributed by atoms with Gasteiger partial charge in [-0.05, 0) is 81.8 Å². The van der Waals surface area contributed by atoms with Gasteiger partial charge in [-0.3, -0.25) is 9.13 Å². The molecule has 13 rings (SSSR count). The molecule has 4 heterocycles. The Morgan fingerprint density at radius 2 is 0.889 bits per heavy atom. The highest BCUT2D eigenvalue weighted by molar-refractivity contribution is 7.25. The number of hydrogen-bond acceptors (Lipinski definition) is 4. The summed E-state index contributed by atoms with van der Waals surface area (Å²) < 4.78 is 184. The minimum Gasteiger partial charge on any atom is -0.278 e. The number of para-hydroxylation sites is 3. The summed E-state index contributed by atoms with van der Waals surface area (Å²) in [5.74, 6) is -1.37. The van der Waals surface area contributed by atoms with Crippen molar-refractivity contribution in [2.24, 2.45) is 0 Å². The van der Waals surface area contributed by atoms with Gasteiger partial charge >= 0.3 is 0 Å². The van der Waals surface area contributed by atoms with E-state index in [1.165, 1.54) is 4.70 Å². The van der Waals surface area contributed by atoms with Crippen molar-refractivity contribution in [3.63, 3.8) is 0 Å². The molecule has 0 saturated heterocycles. The molecule has 5 nitrogen and oxygen atoms in total. The van der Waals surface area contributed by atoms with Gasteiger partial charge in [0, 0.05) is 47.3 Å². The normalized spacial score (nSPS) is 16.3. The lowest BCUT2D eigenvalue weighted by Gasteiger charge is -2.13. The predicted molar refractivity (Wildman–Crippen MR) is 263 cm³/mol. The number of aromatic nitrogens is 5. The molecule has 0 amide bonds. The summed E-state index contributed by atoms with van der Waals surface area (Å²) in [5, 5.41) is 0.857. The van der Waals surface area contributed by atoms with Gasteiger partial charge in [0.15, 0.2) is 5.82 Å². The molecule has 13 aromatic rings. The van der Waals surface area contributed by atoms with Crippen molar-refractivity contribution < 1.29 is 27.4 Å². The van der Waals surface area contributed by atoms with Crippen molar-refractivity contribution in [1.29, 1.82) is 0 Å². The Balaban J connectivity index is 1.13. The van der Waals surface area contributed by atoms with Crippen LogP contribution in [0.3, 0.4) is 0 Å². The number of hydrogen-bond donors (Lipinski definition) is 0. The fourth-order valence-corrected chi connectivity index (χ4v) is 9.20. The second-order valence-electron chi connectivity index (χ2n) is 14.5. The number of fused-ring (bicyclic) bond motifs is 9. The van der Waals surface area contributed by atoms with Crippen LogP contribution in [0.1, 0.15) is 27.4 Å². The molecule has 0 spiro atoms. The van der Waals surface area contributed by atoms with Gasteiger partial charge in [-0.15, -0.1) is 11.3 Å². The Kier molecular flexibility index (Phi) is 4.75. The largest absolute Gasteiger partial charge is 0.278 e. The highest BCUT2D eigenvalue weighted by Gasteiger charge is 2.21. The van der Waals surface area contributed by atoms with Crippen LogP contribution in [0.4, 0.5) is 0 Å². The molecule has 6 heteroatoms. The van der Waals surface area contributed by atoms with E-state index in [-0.39, 0.29) is 38.6 Å². The Morgan fingerprint density at radius 3 is 1.57 bits per heavy atom. The molecule has 9 aromatic carbocycles. The molecular formula is C57H35N5S. The summed E-state index contributed by atoms with van der Waals surface area (Å²) in [7, 11) is 0. The fourth-order valence-electron chi connectivity index (χ4n) is 8.11. The minimum absolute atomic E-state index is 0.229. The maximum Gasteiger partial charge on any atom is 0.240 e. The molecule has 0 aliphatic heterocycles. The van der Waals surface area contributed by atoms with Crippen LogP contribution in [0.15, 0.2) is 212 Å². The lowest BCUT2D eigenvalue weighted by atomic mass is 9.98. The summed E-state index contributed by atoms with van der Waals surface area (Å²) in [5.41, 5.74) is 0.598. The molecule has 0 aliphatic carbocycles. The predicted octanol–water partition coefficient (Wildman–Crippen LogP) is 15.1. The van der Waals surface area contributed by atoms with E-state index in [9.17, 15) is 9.60 Å². The summed E-state index contributed by atoms with van der Waals surface area (Å²) in [4.78, 5) is 14.6. The van der Waals surface area contributed by atoms with E-state index >= 15 is 0 Å². The summed E-state index contributed by atoms with van der Waals surface area (Å²) >= 11 is 1.72. The van der Waals surface area contributed by atoms with Gasteiger partial charge in [-0.2, -0.15) is 15.0 Å². The van der Waals surface area contributed by atoms with E-state index in [1.54, 1.807) is 29.5 Å². The van der Waals surface area contributed by atoms with Crippen LogP contribution >= 0.6 is 11.3 Å². The third-order valence-electron chi connectivity index (χ3n) is 11.0. The van der Waals surface area contributed by atoms with Crippen molar-refractivity contribution in [1.82, 2.24) is 24.1 Å². The number of rotatable bonds is 6. The van der Waals surface area contributed by atoms with Crippen LogP contribution in [-0.2, 0) is 0 Å². The van der Waals surface area contributed by atoms with E-state index in [2.05, 4.69) is 30.3 Å². The standard InChI is InChI=1S/C57H35N5S/c1-2-13-36(14-3-1)41-29-31-46-45-19-6-10-23-51(45)62(52(46)35-41)57-59-55(58-56(60-57)61-49-21-8-4-17-43(49)44-18-5-9-22-50(44)61)42-16-12-15-39(33-42)37-25-27-38(28-26-37)40-30-32-54-48(34-40)47-20-7-11-24-53(47)63-54/h1-35H/i1D,2D,3D,4D,5D,6D,8D,9D,10D,13D,14D,17D,18D,19D,21D,22D,23D,29D,31D,35D. The van der Waals surface area contributed by atoms with E-state index in [0.29, 0.717) is 5.56 Å². The first-order valence-electron chi connectivity index (χ1n) is 29.5. The second kappa shape index (κ2) is 14.2. The van der Waals surface area contributed by atoms with Gasteiger partial charge in [0.25, 0.3) is 0 Å². The minimum atomic E-state index is -0.822. The zero-order chi connectivity index (χ0) is 58.8. The second-order valence-corrected chi connectivity index (χ2v) is 15.6. The quantitative estimate of drug-likeness (QED) is 0.168.